The van der Waals surface area contributed by atoms with Gasteiger partial charge in [-0.3, -0.25) is 0 Å². The summed E-state index contributed by atoms with van der Waals surface area (Å²) in [5, 5.41) is 0.260. The van der Waals surface area contributed by atoms with Gasteiger partial charge in [-0.05, 0) is 6.92 Å². The highest BCUT2D eigenvalue weighted by Gasteiger charge is 2.49. The lowest BCUT2D eigenvalue weighted by Crippen LogP contribution is -2.28. The second-order valence-corrected chi connectivity index (χ2v) is 6.23. The van der Waals surface area contributed by atoms with Crippen LogP contribution >= 0.6 is 11.3 Å². The minimum Gasteiger partial charge on any atom is -0.354 e. The molecule has 0 saturated heterocycles. The van der Waals surface area contributed by atoms with Crippen molar-refractivity contribution in [2.45, 2.75) is 12.4 Å². The Hall–Kier alpha value is -1.75. The van der Waals surface area contributed by atoms with E-state index in [1.807, 2.05) is 0 Å². The number of hydrogen-bond acceptors (Lipinski definition) is 7. The maximum atomic E-state index is 12.2. The zero-order chi connectivity index (χ0) is 15.0. The van der Waals surface area contributed by atoms with E-state index in [2.05, 4.69) is 19.1 Å². The molecule has 2 rings (SSSR count). The lowest BCUT2D eigenvalue weighted by atomic mass is 10.4. The summed E-state index contributed by atoms with van der Waals surface area (Å²) in [5.74, 6) is -0.605. The molecule has 0 atom stereocenters. The zero-order valence-electron chi connectivity index (χ0n) is 9.75. The molecule has 2 aromatic rings. The van der Waals surface area contributed by atoms with Gasteiger partial charge in [0.25, 0.3) is 0 Å². The Bertz CT molecular complexity index is 713. The van der Waals surface area contributed by atoms with Crippen LogP contribution in [0.3, 0.4) is 0 Å². The number of hydrogen-bond donors (Lipinski definition) is 0. The van der Waals surface area contributed by atoms with Crippen LogP contribution in [0.25, 0.3) is 10.6 Å². The molecule has 0 aliphatic rings. The van der Waals surface area contributed by atoms with E-state index in [4.69, 9.17) is 0 Å². The van der Waals surface area contributed by atoms with Crippen LogP contribution in [0.5, 0.6) is 5.88 Å². The molecule has 0 saturated carbocycles. The molecule has 108 valence electrons. The number of thiazole rings is 1. The van der Waals surface area contributed by atoms with Crippen LogP contribution in [-0.4, -0.2) is 28.9 Å². The second-order valence-electron chi connectivity index (χ2n) is 3.49. The van der Waals surface area contributed by atoms with Gasteiger partial charge in [-0.1, -0.05) is 0 Å². The van der Waals surface area contributed by atoms with Crippen molar-refractivity contribution >= 4 is 21.5 Å². The van der Waals surface area contributed by atoms with Crippen molar-refractivity contribution < 1.29 is 25.8 Å². The first kappa shape index (κ1) is 14.7. The summed E-state index contributed by atoms with van der Waals surface area (Å²) in [4.78, 5) is 11.4. The topological polar surface area (TPSA) is 82.0 Å². The summed E-state index contributed by atoms with van der Waals surface area (Å²) in [6.07, 6.45) is 4.07. The molecule has 0 aromatic carbocycles. The number of halogens is 3. The first-order chi connectivity index (χ1) is 9.21. The lowest BCUT2D eigenvalue weighted by molar-refractivity contribution is -0.0501. The molecule has 0 N–H and O–H groups in total. The monoisotopic (exact) mass is 325 g/mol. The zero-order valence-corrected chi connectivity index (χ0v) is 11.4. The second kappa shape index (κ2) is 4.98. The SMILES string of the molecule is Cc1sc(-c2cncnc2)nc1OS(=O)(=O)C(F)(F)F. The van der Waals surface area contributed by atoms with Crippen molar-refractivity contribution in [3.05, 3.63) is 23.6 Å². The van der Waals surface area contributed by atoms with Crippen LogP contribution in [0, 0.1) is 6.92 Å². The summed E-state index contributed by atoms with van der Waals surface area (Å²) in [6.45, 7) is 1.40. The van der Waals surface area contributed by atoms with Crippen molar-refractivity contribution in [3.8, 4) is 16.5 Å². The minimum atomic E-state index is -5.73. The number of nitrogens with zero attached hydrogens (tertiary/aromatic N) is 3. The molecule has 0 aliphatic heterocycles. The molecule has 20 heavy (non-hydrogen) atoms. The van der Waals surface area contributed by atoms with Gasteiger partial charge >= 0.3 is 15.6 Å². The Morgan fingerprint density at radius 1 is 1.25 bits per heavy atom. The summed E-state index contributed by atoms with van der Waals surface area (Å²) in [5.41, 5.74) is -5.06. The Balaban J connectivity index is 2.35. The molecule has 0 unspecified atom stereocenters. The molecule has 2 heterocycles. The van der Waals surface area contributed by atoms with Crippen LogP contribution in [0.2, 0.25) is 0 Å². The van der Waals surface area contributed by atoms with Crippen LogP contribution < -0.4 is 4.18 Å². The van der Waals surface area contributed by atoms with E-state index in [-0.39, 0.29) is 9.88 Å². The molecule has 0 fully saturated rings. The molecule has 0 amide bonds. The predicted octanol–water partition coefficient (Wildman–Crippen LogP) is 2.14. The van der Waals surface area contributed by atoms with E-state index >= 15 is 0 Å². The van der Waals surface area contributed by atoms with Gasteiger partial charge in [0, 0.05) is 18.0 Å². The Morgan fingerprint density at radius 2 is 1.85 bits per heavy atom. The van der Waals surface area contributed by atoms with Crippen molar-refractivity contribution in [1.82, 2.24) is 15.0 Å². The first-order valence-electron chi connectivity index (χ1n) is 4.94. The number of aryl methyl sites for hydroxylation is 1. The van der Waals surface area contributed by atoms with E-state index in [0.717, 1.165) is 11.3 Å². The standard InChI is InChI=1S/C9H6F3N3O3S2/c1-5-7(18-20(16,17)9(10,11)12)15-8(19-5)6-2-13-4-14-3-6/h2-4H,1H3. The third-order valence-electron chi connectivity index (χ3n) is 2.03. The lowest BCUT2D eigenvalue weighted by Gasteiger charge is -2.07. The average Bonchev–Trinajstić information content (AvgIpc) is 2.70. The van der Waals surface area contributed by atoms with Crippen molar-refractivity contribution in [2.75, 3.05) is 0 Å². The smallest absolute Gasteiger partial charge is 0.354 e. The van der Waals surface area contributed by atoms with Gasteiger partial charge in [-0.15, -0.1) is 11.3 Å². The molecule has 0 spiro atoms. The van der Waals surface area contributed by atoms with E-state index in [9.17, 15) is 21.6 Å². The molecule has 6 nitrogen and oxygen atoms in total. The van der Waals surface area contributed by atoms with Crippen LogP contribution in [0.4, 0.5) is 13.2 Å². The van der Waals surface area contributed by atoms with E-state index in [0.29, 0.717) is 5.56 Å². The largest absolute Gasteiger partial charge is 0.534 e. The van der Waals surface area contributed by atoms with Gasteiger partial charge in [0.1, 0.15) is 11.3 Å². The normalized spacial score (nSPS) is 12.4. The van der Waals surface area contributed by atoms with E-state index < -0.39 is 21.5 Å². The van der Waals surface area contributed by atoms with Crippen LogP contribution in [-0.2, 0) is 10.1 Å². The maximum absolute atomic E-state index is 12.2. The van der Waals surface area contributed by atoms with Crippen molar-refractivity contribution in [3.63, 3.8) is 0 Å². The Kier molecular flexibility index (Phi) is 3.65. The van der Waals surface area contributed by atoms with E-state index in [1.54, 1.807) is 0 Å². The van der Waals surface area contributed by atoms with Gasteiger partial charge in [0.15, 0.2) is 0 Å². The van der Waals surface area contributed by atoms with Gasteiger partial charge in [0.2, 0.25) is 5.88 Å². The summed E-state index contributed by atoms with van der Waals surface area (Å²) < 4.78 is 62.5. The third kappa shape index (κ3) is 2.88. The molecule has 11 heteroatoms. The first-order valence-corrected chi connectivity index (χ1v) is 7.17. The van der Waals surface area contributed by atoms with E-state index in [1.165, 1.54) is 25.6 Å². The fourth-order valence-corrected chi connectivity index (χ4v) is 2.48. The molecule has 2 aromatic heterocycles. The third-order valence-corrected chi connectivity index (χ3v) is 3.98. The van der Waals surface area contributed by atoms with Crippen molar-refractivity contribution in [2.24, 2.45) is 0 Å². The fraction of sp³-hybridized carbons (Fsp3) is 0.222. The number of rotatable bonds is 3. The molecule has 0 radical (unpaired) electrons. The highest BCUT2D eigenvalue weighted by molar-refractivity contribution is 7.88. The highest BCUT2D eigenvalue weighted by Crippen LogP contribution is 2.34. The van der Waals surface area contributed by atoms with Gasteiger partial charge in [-0.25, -0.2) is 15.0 Å². The summed E-state index contributed by atoms with van der Waals surface area (Å²) in [7, 11) is -5.73. The molecule has 0 aliphatic carbocycles. The fourth-order valence-electron chi connectivity index (χ4n) is 1.14. The average molecular weight is 325 g/mol. The number of alkyl halides is 3. The number of aromatic nitrogens is 3. The summed E-state index contributed by atoms with van der Waals surface area (Å²) >= 11 is 0.971. The maximum Gasteiger partial charge on any atom is 0.534 e. The quantitative estimate of drug-likeness (QED) is 0.635. The van der Waals surface area contributed by atoms with Gasteiger partial charge in [-0.2, -0.15) is 21.6 Å². The Morgan fingerprint density at radius 3 is 2.40 bits per heavy atom. The molecular formula is C9H6F3N3O3S2. The van der Waals surface area contributed by atoms with Gasteiger partial charge < -0.3 is 4.18 Å². The molecule has 0 bridgehead atoms. The highest BCUT2D eigenvalue weighted by atomic mass is 32.2. The van der Waals surface area contributed by atoms with Crippen molar-refractivity contribution in [1.29, 1.82) is 0 Å². The minimum absolute atomic E-state index is 0.191. The van der Waals surface area contributed by atoms with Crippen LogP contribution in [0.15, 0.2) is 18.7 Å². The van der Waals surface area contributed by atoms with Crippen LogP contribution in [0.1, 0.15) is 4.88 Å². The Labute approximate surface area is 115 Å². The van der Waals surface area contributed by atoms with Gasteiger partial charge in [0.05, 0.1) is 4.88 Å². The molecular weight excluding hydrogens is 319 g/mol. The predicted molar refractivity (Wildman–Crippen MR) is 63.5 cm³/mol. The summed E-state index contributed by atoms with van der Waals surface area (Å²) in [6, 6.07) is 0.